The lowest BCUT2D eigenvalue weighted by atomic mass is 9.67. The predicted molar refractivity (Wildman–Crippen MR) is 79.0 cm³/mol. The maximum absolute atomic E-state index is 12.4. The van der Waals surface area contributed by atoms with Crippen LogP contribution in [0.15, 0.2) is 27.8 Å². The molecule has 1 aromatic rings. The number of hydrogen-bond acceptors (Lipinski definition) is 4. The summed E-state index contributed by atoms with van der Waals surface area (Å²) in [7, 11) is 1.55. The minimum Gasteiger partial charge on any atom is -0.497 e. The van der Waals surface area contributed by atoms with E-state index in [0.717, 1.165) is 10.9 Å². The Morgan fingerprint density at radius 3 is 2.75 bits per heavy atom. The number of hydrogen-bond donors (Lipinski definition) is 3. The van der Waals surface area contributed by atoms with Crippen molar-refractivity contribution < 1.29 is 14.7 Å². The first-order valence-corrected chi connectivity index (χ1v) is 6.96. The van der Waals surface area contributed by atoms with E-state index in [9.17, 15) is 4.79 Å². The second-order valence-electron chi connectivity index (χ2n) is 4.72. The van der Waals surface area contributed by atoms with Crippen molar-refractivity contribution in [2.75, 3.05) is 12.4 Å². The number of carbonyl (C=O) groups is 1. The summed E-state index contributed by atoms with van der Waals surface area (Å²) in [6.07, 6.45) is 2.04. The number of methoxy groups -OCH3 is 1. The zero-order valence-electron chi connectivity index (χ0n) is 11.0. The zero-order chi connectivity index (χ0) is 14.8. The molecule has 0 atom stereocenters. The molecule has 7 heteroatoms. The normalized spacial score (nSPS) is 17.2. The number of ether oxygens (including phenoxy) is 1. The molecule has 1 amide bonds. The number of nitrogens with zero attached hydrogens (tertiary/aromatic N) is 1. The van der Waals surface area contributed by atoms with Gasteiger partial charge in [-0.25, -0.2) is 0 Å². The molecule has 0 saturated heterocycles. The van der Waals surface area contributed by atoms with E-state index in [1.165, 1.54) is 0 Å². The fourth-order valence-electron chi connectivity index (χ4n) is 2.19. The summed E-state index contributed by atoms with van der Waals surface area (Å²) in [5.41, 5.74) is 5.35. The van der Waals surface area contributed by atoms with E-state index < -0.39 is 5.41 Å². The second-order valence-corrected chi connectivity index (χ2v) is 5.58. The molecule has 1 aliphatic carbocycles. The van der Waals surface area contributed by atoms with Crippen LogP contribution in [0.5, 0.6) is 5.75 Å². The van der Waals surface area contributed by atoms with Crippen LogP contribution in [0, 0.1) is 5.41 Å². The molecule has 0 spiro atoms. The third kappa shape index (κ3) is 2.45. The van der Waals surface area contributed by atoms with Crippen LogP contribution < -0.4 is 15.8 Å². The molecule has 0 heterocycles. The van der Waals surface area contributed by atoms with Crippen molar-refractivity contribution in [3.05, 3.63) is 22.7 Å². The standard InChI is InChI=1S/C13H16BrN3O3/c1-20-8-3-4-9(14)10(7-8)16-12(18)13(5-2-6-13)11(15)17-19/h3-4,7,19H,2,5-6H2,1H3,(H2,15,17)(H,16,18). The molecule has 2 rings (SSSR count). The SMILES string of the molecule is COc1ccc(Br)c(NC(=O)C2(/C(N)=N/O)CCC2)c1. The number of carbonyl (C=O) groups excluding carboxylic acids is 1. The zero-order valence-corrected chi connectivity index (χ0v) is 12.6. The number of nitrogens with two attached hydrogens (primary N) is 1. The number of benzene rings is 1. The largest absolute Gasteiger partial charge is 0.497 e. The van der Waals surface area contributed by atoms with Crippen molar-refractivity contribution in [1.29, 1.82) is 0 Å². The van der Waals surface area contributed by atoms with Crippen molar-refractivity contribution in [1.82, 2.24) is 0 Å². The molecule has 1 aromatic carbocycles. The minimum atomic E-state index is -0.905. The second kappa shape index (κ2) is 5.70. The van der Waals surface area contributed by atoms with E-state index in [1.807, 2.05) is 0 Å². The van der Waals surface area contributed by atoms with Gasteiger partial charge in [-0.2, -0.15) is 0 Å². The lowest BCUT2D eigenvalue weighted by molar-refractivity contribution is -0.125. The molecule has 20 heavy (non-hydrogen) atoms. The summed E-state index contributed by atoms with van der Waals surface area (Å²) in [6, 6.07) is 5.27. The minimum absolute atomic E-state index is 0.0414. The first-order valence-electron chi connectivity index (χ1n) is 6.16. The summed E-state index contributed by atoms with van der Waals surface area (Å²) in [5.74, 6) is 0.322. The van der Waals surface area contributed by atoms with Gasteiger partial charge < -0.3 is 21.0 Å². The van der Waals surface area contributed by atoms with Crippen molar-refractivity contribution in [3.8, 4) is 5.75 Å². The molecular weight excluding hydrogens is 326 g/mol. The molecule has 4 N–H and O–H groups in total. The Labute approximate surface area is 125 Å². The highest BCUT2D eigenvalue weighted by Crippen LogP contribution is 2.42. The number of halogens is 1. The van der Waals surface area contributed by atoms with Crippen LogP contribution in [-0.2, 0) is 4.79 Å². The molecule has 1 aliphatic rings. The van der Waals surface area contributed by atoms with Crippen LogP contribution in [0.1, 0.15) is 19.3 Å². The Balaban J connectivity index is 2.23. The number of oxime groups is 1. The van der Waals surface area contributed by atoms with Crippen molar-refractivity contribution >= 4 is 33.4 Å². The lowest BCUT2D eigenvalue weighted by Gasteiger charge is -2.38. The Hall–Kier alpha value is -1.76. The number of nitrogens with one attached hydrogen (secondary N) is 1. The average molecular weight is 342 g/mol. The topological polar surface area (TPSA) is 96.9 Å². The van der Waals surface area contributed by atoms with Gasteiger partial charge in [0.2, 0.25) is 5.91 Å². The van der Waals surface area contributed by atoms with Crippen LogP contribution in [0.4, 0.5) is 5.69 Å². The third-order valence-corrected chi connectivity index (χ3v) is 4.35. The number of rotatable bonds is 4. The summed E-state index contributed by atoms with van der Waals surface area (Å²) >= 11 is 3.37. The van der Waals surface area contributed by atoms with Crippen molar-refractivity contribution in [2.45, 2.75) is 19.3 Å². The molecule has 0 unspecified atom stereocenters. The van der Waals surface area contributed by atoms with Gasteiger partial charge in [0, 0.05) is 10.5 Å². The Bertz CT molecular complexity index is 556. The summed E-state index contributed by atoms with van der Waals surface area (Å²) < 4.78 is 5.86. The smallest absolute Gasteiger partial charge is 0.238 e. The maximum atomic E-state index is 12.4. The van der Waals surface area contributed by atoms with Gasteiger partial charge in [-0.05, 0) is 40.9 Å². The molecule has 0 aliphatic heterocycles. The molecule has 0 bridgehead atoms. The Kier molecular flexibility index (Phi) is 4.17. The molecule has 1 fully saturated rings. The van der Waals surface area contributed by atoms with Gasteiger partial charge in [0.1, 0.15) is 11.2 Å². The monoisotopic (exact) mass is 341 g/mol. The summed E-state index contributed by atoms with van der Waals surface area (Å²) in [5, 5.41) is 14.6. The van der Waals surface area contributed by atoms with Crippen LogP contribution in [0.2, 0.25) is 0 Å². The molecule has 0 radical (unpaired) electrons. The highest BCUT2D eigenvalue weighted by atomic mass is 79.9. The summed E-state index contributed by atoms with van der Waals surface area (Å²) in [4.78, 5) is 12.4. The van der Waals surface area contributed by atoms with Crippen molar-refractivity contribution in [3.63, 3.8) is 0 Å². The fourth-order valence-corrected chi connectivity index (χ4v) is 2.54. The van der Waals surface area contributed by atoms with Gasteiger partial charge in [-0.15, -0.1) is 0 Å². The third-order valence-electron chi connectivity index (χ3n) is 3.66. The van der Waals surface area contributed by atoms with Gasteiger partial charge >= 0.3 is 0 Å². The van der Waals surface area contributed by atoms with Gasteiger partial charge in [0.25, 0.3) is 0 Å². The van der Waals surface area contributed by atoms with E-state index in [-0.39, 0.29) is 11.7 Å². The van der Waals surface area contributed by atoms with Crippen LogP contribution in [-0.4, -0.2) is 24.1 Å². The Morgan fingerprint density at radius 1 is 1.55 bits per heavy atom. The highest BCUT2D eigenvalue weighted by molar-refractivity contribution is 9.10. The average Bonchev–Trinajstić information content (AvgIpc) is 2.39. The molecule has 108 valence electrons. The van der Waals surface area contributed by atoms with E-state index in [2.05, 4.69) is 26.4 Å². The van der Waals surface area contributed by atoms with E-state index in [1.54, 1.807) is 25.3 Å². The molecule has 6 nitrogen and oxygen atoms in total. The first kappa shape index (κ1) is 14.6. The van der Waals surface area contributed by atoms with Crippen LogP contribution in [0.3, 0.4) is 0 Å². The number of amidine groups is 1. The van der Waals surface area contributed by atoms with E-state index in [0.29, 0.717) is 24.3 Å². The highest BCUT2D eigenvalue weighted by Gasteiger charge is 2.48. The molecular formula is C13H16BrN3O3. The lowest BCUT2D eigenvalue weighted by Crippen LogP contribution is -2.51. The number of amides is 1. The molecule has 0 aromatic heterocycles. The number of anilines is 1. The van der Waals surface area contributed by atoms with Gasteiger partial charge in [-0.3, -0.25) is 4.79 Å². The fraction of sp³-hybridized carbons (Fsp3) is 0.385. The quantitative estimate of drug-likeness (QED) is 0.339. The Morgan fingerprint density at radius 2 is 2.25 bits per heavy atom. The molecule has 1 saturated carbocycles. The van der Waals surface area contributed by atoms with E-state index in [4.69, 9.17) is 15.7 Å². The maximum Gasteiger partial charge on any atom is 0.238 e. The van der Waals surface area contributed by atoms with E-state index >= 15 is 0 Å². The van der Waals surface area contributed by atoms with Gasteiger partial charge in [-0.1, -0.05) is 11.6 Å². The van der Waals surface area contributed by atoms with Gasteiger partial charge in [0.15, 0.2) is 5.84 Å². The van der Waals surface area contributed by atoms with Crippen LogP contribution in [0.25, 0.3) is 0 Å². The van der Waals surface area contributed by atoms with Crippen molar-refractivity contribution in [2.24, 2.45) is 16.3 Å². The predicted octanol–water partition coefficient (Wildman–Crippen LogP) is 2.31. The summed E-state index contributed by atoms with van der Waals surface area (Å²) in [6.45, 7) is 0. The first-order chi connectivity index (χ1) is 9.53. The van der Waals surface area contributed by atoms with Gasteiger partial charge in [0.05, 0.1) is 12.8 Å². The van der Waals surface area contributed by atoms with Crippen LogP contribution >= 0.6 is 15.9 Å².